The van der Waals surface area contributed by atoms with Crippen LogP contribution in [0.15, 0.2) is 17.5 Å². The summed E-state index contributed by atoms with van der Waals surface area (Å²) in [7, 11) is 0. The molecule has 1 aromatic heterocycles. The van der Waals surface area contributed by atoms with Crippen molar-refractivity contribution in [1.82, 2.24) is 4.90 Å². The third-order valence-corrected chi connectivity index (χ3v) is 10.5. The highest BCUT2D eigenvalue weighted by molar-refractivity contribution is 7.10. The molecule has 1 saturated carbocycles. The van der Waals surface area contributed by atoms with Crippen molar-refractivity contribution in [2.24, 2.45) is 11.8 Å². The molecule has 0 aromatic carbocycles. The highest BCUT2D eigenvalue weighted by atomic mass is 32.1. The largest absolute Gasteiger partial charge is 0.454 e. The molecule has 32 heavy (non-hydrogen) atoms. The molecule has 2 atom stereocenters. The minimum absolute atomic E-state index is 0.00558. The van der Waals surface area contributed by atoms with Crippen molar-refractivity contribution in [3.63, 3.8) is 0 Å². The van der Waals surface area contributed by atoms with Crippen molar-refractivity contribution in [3.8, 4) is 0 Å². The molecule has 4 saturated heterocycles. The smallest absolute Gasteiger partial charge is 0.332 e. The number of esters is 1. The van der Waals surface area contributed by atoms with Gasteiger partial charge in [0.2, 0.25) is 0 Å². The van der Waals surface area contributed by atoms with Crippen molar-refractivity contribution in [1.29, 1.82) is 0 Å². The first-order valence-electron chi connectivity index (χ1n) is 13.4. The van der Waals surface area contributed by atoms with Gasteiger partial charge in [-0.2, -0.15) is 0 Å². The van der Waals surface area contributed by atoms with Crippen LogP contribution >= 0.6 is 11.3 Å². The predicted octanol–water partition coefficient (Wildman–Crippen LogP) is 5.57. The van der Waals surface area contributed by atoms with E-state index in [2.05, 4.69) is 29.3 Å². The average molecular weight is 460 g/mol. The van der Waals surface area contributed by atoms with E-state index in [1.807, 2.05) is 0 Å². The summed E-state index contributed by atoms with van der Waals surface area (Å²) in [6, 6.07) is 4.21. The first kappa shape index (κ1) is 22.9. The molecule has 5 aliphatic rings. The Morgan fingerprint density at radius 2 is 1.81 bits per heavy atom. The number of likely N-dealkylation sites (tertiary alicyclic amines) is 1. The molecule has 178 valence electrons. The summed E-state index contributed by atoms with van der Waals surface area (Å²) >= 11 is 1.71. The molecule has 5 heteroatoms. The Hall–Kier alpha value is -0.910. The van der Waals surface area contributed by atoms with Crippen LogP contribution in [0.3, 0.4) is 0 Å². The lowest BCUT2D eigenvalue weighted by atomic mass is 9.81. The van der Waals surface area contributed by atoms with Crippen molar-refractivity contribution in [3.05, 3.63) is 22.4 Å². The van der Waals surface area contributed by atoms with Crippen molar-refractivity contribution in [2.45, 2.75) is 89.2 Å². The van der Waals surface area contributed by atoms with Gasteiger partial charge < -0.3 is 9.22 Å². The van der Waals surface area contributed by atoms with Crippen molar-refractivity contribution in [2.75, 3.05) is 39.3 Å². The summed E-state index contributed by atoms with van der Waals surface area (Å²) in [6.45, 7) is 9.10. The second kappa shape index (κ2) is 9.76. The van der Waals surface area contributed by atoms with E-state index in [1.54, 1.807) is 11.3 Å². The number of carbonyl (C=O) groups is 1. The summed E-state index contributed by atoms with van der Waals surface area (Å²) < 4.78 is 7.71. The zero-order valence-electron chi connectivity index (χ0n) is 20.1. The van der Waals surface area contributed by atoms with Gasteiger partial charge in [0.25, 0.3) is 0 Å². The maximum absolute atomic E-state index is 13.9. The first-order valence-corrected chi connectivity index (χ1v) is 14.3. The Bertz CT molecular complexity index is 746. The van der Waals surface area contributed by atoms with Crippen molar-refractivity contribution >= 4 is 17.3 Å². The fourth-order valence-electron chi connectivity index (χ4n) is 7.14. The highest BCUT2D eigenvalue weighted by Gasteiger charge is 2.51. The van der Waals surface area contributed by atoms with Crippen LogP contribution < -0.4 is 0 Å². The first-order chi connectivity index (χ1) is 15.6. The number of hydrogen-bond donors (Lipinski definition) is 0. The zero-order valence-corrected chi connectivity index (χ0v) is 20.9. The molecule has 5 fully saturated rings. The second-order valence-electron chi connectivity index (χ2n) is 11.4. The molecule has 1 aliphatic carbocycles. The lowest BCUT2D eigenvalue weighted by Gasteiger charge is -2.53. The van der Waals surface area contributed by atoms with Gasteiger partial charge in [-0.25, -0.2) is 4.79 Å². The lowest BCUT2D eigenvalue weighted by Crippen LogP contribution is -2.65. The maximum Gasteiger partial charge on any atom is 0.332 e. The lowest BCUT2D eigenvalue weighted by molar-refractivity contribution is -0.946. The molecule has 2 bridgehead atoms. The van der Waals surface area contributed by atoms with E-state index in [0.717, 1.165) is 30.4 Å². The van der Waals surface area contributed by atoms with E-state index in [9.17, 15) is 4.79 Å². The molecule has 0 radical (unpaired) electrons. The zero-order chi connectivity index (χ0) is 22.0. The van der Waals surface area contributed by atoms with E-state index in [0.29, 0.717) is 5.92 Å². The van der Waals surface area contributed by atoms with Gasteiger partial charge in [0.15, 0.2) is 11.6 Å². The molecule has 1 unspecified atom stereocenters. The van der Waals surface area contributed by atoms with E-state index < -0.39 is 5.54 Å². The number of ether oxygens (including phenoxy) is 1. The second-order valence-corrected chi connectivity index (χ2v) is 12.3. The Labute approximate surface area is 198 Å². The number of nitrogens with zero attached hydrogens (tertiary/aromatic N) is 2. The number of fused-ring (bicyclic) bond motifs is 3. The van der Waals surface area contributed by atoms with Crippen LogP contribution in [0.5, 0.6) is 0 Å². The summed E-state index contributed by atoms with van der Waals surface area (Å²) in [5.74, 6) is 1.52. The van der Waals surface area contributed by atoms with Gasteiger partial charge in [0, 0.05) is 23.6 Å². The van der Waals surface area contributed by atoms with Crippen LogP contribution in [0, 0.1) is 11.8 Å². The molecular formula is C27H43N2O2S+. The normalized spacial score (nSPS) is 33.7. The Kier molecular flexibility index (Phi) is 6.97. The SMILES string of the molecule is CC(C(=O)O[C@H]1C[N+]2(CCC3CCCCC3)CCC1CC2)(c1cccs1)N1CCCCC1. The van der Waals surface area contributed by atoms with Crippen LogP contribution in [0.1, 0.15) is 82.4 Å². The van der Waals surface area contributed by atoms with Gasteiger partial charge in [-0.05, 0) is 56.6 Å². The fourth-order valence-corrected chi connectivity index (χ4v) is 8.04. The van der Waals surface area contributed by atoms with Crippen LogP contribution in [0.4, 0.5) is 0 Å². The molecule has 4 nitrogen and oxygen atoms in total. The third kappa shape index (κ3) is 4.54. The monoisotopic (exact) mass is 459 g/mol. The Morgan fingerprint density at radius 1 is 1.09 bits per heavy atom. The van der Waals surface area contributed by atoms with Gasteiger partial charge >= 0.3 is 5.97 Å². The summed E-state index contributed by atoms with van der Waals surface area (Å²) in [5.41, 5.74) is -0.631. The molecule has 1 aromatic rings. The van der Waals surface area contributed by atoms with Crippen LogP contribution in [0.25, 0.3) is 0 Å². The number of carbonyl (C=O) groups excluding carboxylic acids is 1. The molecule has 0 spiro atoms. The molecular weight excluding hydrogens is 416 g/mol. The predicted molar refractivity (Wildman–Crippen MR) is 131 cm³/mol. The van der Waals surface area contributed by atoms with Gasteiger partial charge in [0.1, 0.15) is 6.54 Å². The fraction of sp³-hybridized carbons (Fsp3) is 0.815. The number of quaternary nitrogens is 1. The van der Waals surface area contributed by atoms with Crippen LogP contribution in [0.2, 0.25) is 0 Å². The van der Waals surface area contributed by atoms with Crippen molar-refractivity contribution < 1.29 is 14.0 Å². The van der Waals surface area contributed by atoms with E-state index in [1.165, 1.54) is 94.7 Å². The third-order valence-electron chi connectivity index (χ3n) is 9.42. The molecule has 0 N–H and O–H groups in total. The molecule has 0 amide bonds. The Morgan fingerprint density at radius 3 is 2.50 bits per heavy atom. The number of hydrogen-bond acceptors (Lipinski definition) is 4. The van der Waals surface area contributed by atoms with E-state index in [4.69, 9.17) is 4.74 Å². The minimum atomic E-state index is -0.631. The van der Waals surface area contributed by atoms with Gasteiger partial charge in [0.05, 0.1) is 19.6 Å². The topological polar surface area (TPSA) is 29.5 Å². The van der Waals surface area contributed by atoms with E-state index >= 15 is 0 Å². The van der Waals surface area contributed by atoms with Gasteiger partial charge in [-0.15, -0.1) is 11.3 Å². The van der Waals surface area contributed by atoms with E-state index in [-0.39, 0.29) is 12.1 Å². The standard InChI is InChI=1S/C27H43N2O2S/c1-27(25-11-8-20-32-25,28-15-6-3-7-16-28)26(30)31-24-21-29(18-13-23(24)14-19-29)17-12-22-9-4-2-5-10-22/h8,11,20,22-24H,2-7,9-10,12-19,21H2,1H3/q+1/t23?,24-,27?,29?/m0/s1. The summed E-state index contributed by atoms with van der Waals surface area (Å²) in [4.78, 5) is 17.4. The molecule has 4 aliphatic heterocycles. The quantitative estimate of drug-likeness (QED) is 0.394. The van der Waals surface area contributed by atoms with Gasteiger partial charge in [-0.1, -0.05) is 44.6 Å². The van der Waals surface area contributed by atoms with Gasteiger partial charge in [-0.3, -0.25) is 4.90 Å². The maximum atomic E-state index is 13.9. The molecule has 5 heterocycles. The number of rotatable bonds is 7. The highest BCUT2D eigenvalue weighted by Crippen LogP contribution is 2.40. The minimum Gasteiger partial charge on any atom is -0.454 e. The number of piperidine rings is 4. The van der Waals surface area contributed by atoms with Crippen LogP contribution in [-0.4, -0.2) is 60.7 Å². The summed E-state index contributed by atoms with van der Waals surface area (Å²) in [5, 5.41) is 2.10. The number of thiophene rings is 1. The summed E-state index contributed by atoms with van der Waals surface area (Å²) in [6.07, 6.45) is 14.8. The molecule has 6 rings (SSSR count). The average Bonchev–Trinajstić information content (AvgIpc) is 3.40. The van der Waals surface area contributed by atoms with Crippen LogP contribution in [-0.2, 0) is 15.1 Å². The Balaban J connectivity index is 1.27.